The third-order valence-electron chi connectivity index (χ3n) is 5.49. The van der Waals surface area contributed by atoms with Gasteiger partial charge in [0.15, 0.2) is 0 Å². The first-order valence-corrected chi connectivity index (χ1v) is 12.5. The smallest absolute Gasteiger partial charge is 0.246 e. The summed E-state index contributed by atoms with van der Waals surface area (Å²) in [4.78, 5) is 29.9. The summed E-state index contributed by atoms with van der Waals surface area (Å²) in [7, 11) is 0. The Morgan fingerprint density at radius 1 is 0.912 bits per heavy atom. The lowest BCUT2D eigenvalue weighted by molar-refractivity contribution is -0.126. The average Bonchev–Trinajstić information content (AvgIpc) is 2.87. The number of hydrogen-bond acceptors (Lipinski definition) is 4. The maximum absolute atomic E-state index is 12.5. The first-order chi connectivity index (χ1) is 16.6. The van der Waals surface area contributed by atoms with Crippen molar-refractivity contribution in [1.29, 1.82) is 0 Å². The number of hydrogen-bond donors (Lipinski definition) is 1. The highest BCUT2D eigenvalue weighted by Gasteiger charge is 2.21. The van der Waals surface area contributed by atoms with Crippen LogP contribution in [-0.2, 0) is 9.59 Å². The molecule has 0 unspecified atom stereocenters. The van der Waals surface area contributed by atoms with Gasteiger partial charge in [0.05, 0.1) is 16.5 Å². The molecule has 4 rings (SSSR count). The molecule has 0 bridgehead atoms. The van der Waals surface area contributed by atoms with Crippen LogP contribution in [0.15, 0.2) is 89.8 Å². The van der Waals surface area contributed by atoms with Gasteiger partial charge in [-0.2, -0.15) is 0 Å². The van der Waals surface area contributed by atoms with Crippen molar-refractivity contribution in [2.75, 3.05) is 42.1 Å². The predicted molar refractivity (Wildman–Crippen MR) is 142 cm³/mol. The molecular formula is C27H26ClN3O2S. The molecule has 0 aromatic heterocycles. The van der Waals surface area contributed by atoms with E-state index < -0.39 is 0 Å². The Hall–Kier alpha value is -3.22. The summed E-state index contributed by atoms with van der Waals surface area (Å²) in [5.41, 5.74) is 2.59. The van der Waals surface area contributed by atoms with Gasteiger partial charge >= 0.3 is 0 Å². The monoisotopic (exact) mass is 491 g/mol. The molecule has 5 nitrogen and oxygen atoms in total. The molecule has 3 aromatic rings. The average molecular weight is 492 g/mol. The molecule has 1 fully saturated rings. The van der Waals surface area contributed by atoms with Gasteiger partial charge in [-0.15, -0.1) is 11.8 Å². The van der Waals surface area contributed by atoms with E-state index in [9.17, 15) is 9.59 Å². The van der Waals surface area contributed by atoms with Gasteiger partial charge in [-0.25, -0.2) is 0 Å². The number of rotatable bonds is 7. The summed E-state index contributed by atoms with van der Waals surface area (Å²) < 4.78 is 0. The number of amides is 2. The lowest BCUT2D eigenvalue weighted by Gasteiger charge is -2.36. The van der Waals surface area contributed by atoms with E-state index in [0.29, 0.717) is 42.6 Å². The number of carbonyl (C=O) groups excluding carboxylic acids is 2. The standard InChI is InChI=1S/C27H26ClN3O2S/c28-24-19-22(29-26(32)20-34-23-9-5-2-6-10-23)12-13-25(24)30-15-17-31(18-16-30)27(33)14-11-21-7-3-1-4-8-21/h1-14,19H,15-18,20H2,(H,29,32)/b14-11-. The predicted octanol–water partition coefficient (Wildman–Crippen LogP) is 5.43. The molecule has 0 radical (unpaired) electrons. The van der Waals surface area contributed by atoms with Crippen LogP contribution in [0.5, 0.6) is 0 Å². The lowest BCUT2D eigenvalue weighted by Crippen LogP contribution is -2.48. The first kappa shape index (κ1) is 23.9. The van der Waals surface area contributed by atoms with E-state index in [-0.39, 0.29) is 11.8 Å². The molecule has 3 aromatic carbocycles. The number of thioether (sulfide) groups is 1. The molecule has 34 heavy (non-hydrogen) atoms. The molecule has 0 atom stereocenters. The molecule has 1 saturated heterocycles. The number of carbonyl (C=O) groups is 2. The van der Waals surface area contributed by atoms with Crippen LogP contribution < -0.4 is 10.2 Å². The van der Waals surface area contributed by atoms with Crippen LogP contribution in [0.4, 0.5) is 11.4 Å². The Morgan fingerprint density at radius 2 is 1.59 bits per heavy atom. The van der Waals surface area contributed by atoms with Gasteiger partial charge in [0, 0.05) is 42.8 Å². The Bertz CT molecular complexity index is 1150. The zero-order valence-electron chi connectivity index (χ0n) is 18.7. The Labute approximate surface area is 209 Å². The Balaban J connectivity index is 1.27. The van der Waals surface area contributed by atoms with Gasteiger partial charge in [0.1, 0.15) is 0 Å². The SMILES string of the molecule is O=C(CSc1ccccc1)Nc1ccc(N2CCN(C(=O)/C=C\c3ccccc3)CC2)c(Cl)c1. The van der Waals surface area contributed by atoms with Gasteiger partial charge in [-0.3, -0.25) is 9.59 Å². The van der Waals surface area contributed by atoms with Crippen LogP contribution in [0.3, 0.4) is 0 Å². The summed E-state index contributed by atoms with van der Waals surface area (Å²) in [6.07, 6.45) is 3.47. The molecule has 1 aliphatic rings. The molecule has 1 N–H and O–H groups in total. The van der Waals surface area contributed by atoms with Gasteiger partial charge in [-0.05, 0) is 42.0 Å². The molecular weight excluding hydrogens is 466 g/mol. The van der Waals surface area contributed by atoms with Crippen molar-refractivity contribution in [3.05, 3.63) is 95.5 Å². The number of anilines is 2. The normalized spacial score (nSPS) is 13.8. The highest BCUT2D eigenvalue weighted by Crippen LogP contribution is 2.30. The molecule has 0 aliphatic carbocycles. The van der Waals surface area contributed by atoms with Gasteiger partial charge in [-0.1, -0.05) is 60.1 Å². The summed E-state index contributed by atoms with van der Waals surface area (Å²) in [6, 6.07) is 25.2. The highest BCUT2D eigenvalue weighted by atomic mass is 35.5. The van der Waals surface area contributed by atoms with E-state index >= 15 is 0 Å². The van der Waals surface area contributed by atoms with Crippen LogP contribution in [-0.4, -0.2) is 48.6 Å². The maximum Gasteiger partial charge on any atom is 0.246 e. The lowest BCUT2D eigenvalue weighted by atomic mass is 10.2. The third-order valence-corrected chi connectivity index (χ3v) is 6.81. The molecule has 1 heterocycles. The number of benzene rings is 3. The summed E-state index contributed by atoms with van der Waals surface area (Å²) in [5.74, 6) is 0.271. The fourth-order valence-electron chi connectivity index (χ4n) is 3.71. The van der Waals surface area contributed by atoms with Gasteiger partial charge in [0.25, 0.3) is 0 Å². The quantitative estimate of drug-likeness (QED) is 0.353. The van der Waals surface area contributed by atoms with Gasteiger partial charge in [0.2, 0.25) is 11.8 Å². The molecule has 2 amide bonds. The van der Waals surface area contributed by atoms with Gasteiger partial charge < -0.3 is 15.1 Å². The van der Waals surface area contributed by atoms with Crippen LogP contribution in [0.25, 0.3) is 6.08 Å². The van der Waals surface area contributed by atoms with Crippen molar-refractivity contribution in [3.8, 4) is 0 Å². The second kappa shape index (κ2) is 11.8. The molecule has 0 saturated carbocycles. The third kappa shape index (κ3) is 6.65. The first-order valence-electron chi connectivity index (χ1n) is 11.1. The Morgan fingerprint density at radius 3 is 2.26 bits per heavy atom. The number of nitrogens with zero attached hydrogens (tertiary/aromatic N) is 2. The summed E-state index contributed by atoms with van der Waals surface area (Å²) in [5, 5.41) is 3.49. The number of piperazine rings is 1. The molecule has 1 aliphatic heterocycles. The van der Waals surface area contributed by atoms with E-state index in [1.165, 1.54) is 11.8 Å². The Kier molecular flexibility index (Phi) is 8.28. The van der Waals surface area contributed by atoms with Crippen molar-refractivity contribution < 1.29 is 9.59 Å². The molecule has 174 valence electrons. The molecule has 7 heteroatoms. The van der Waals surface area contributed by atoms with Crippen molar-refractivity contribution in [2.45, 2.75) is 4.90 Å². The van der Waals surface area contributed by atoms with E-state index in [0.717, 1.165) is 16.1 Å². The minimum atomic E-state index is -0.0756. The zero-order chi connectivity index (χ0) is 23.8. The fourth-order valence-corrected chi connectivity index (χ4v) is 4.73. The van der Waals surface area contributed by atoms with Crippen LogP contribution in [0.2, 0.25) is 5.02 Å². The van der Waals surface area contributed by atoms with Crippen LogP contribution in [0.1, 0.15) is 5.56 Å². The zero-order valence-corrected chi connectivity index (χ0v) is 20.3. The largest absolute Gasteiger partial charge is 0.367 e. The minimum Gasteiger partial charge on any atom is -0.367 e. The highest BCUT2D eigenvalue weighted by molar-refractivity contribution is 8.00. The second-order valence-electron chi connectivity index (χ2n) is 7.87. The van der Waals surface area contributed by atoms with Crippen molar-refractivity contribution in [1.82, 2.24) is 4.90 Å². The molecule has 0 spiro atoms. The summed E-state index contributed by atoms with van der Waals surface area (Å²) >= 11 is 8.04. The van der Waals surface area contributed by atoms with Crippen LogP contribution >= 0.6 is 23.4 Å². The fraction of sp³-hybridized carbons (Fsp3) is 0.185. The van der Waals surface area contributed by atoms with E-state index in [4.69, 9.17) is 11.6 Å². The topological polar surface area (TPSA) is 52.7 Å². The van der Waals surface area contributed by atoms with E-state index in [1.807, 2.05) is 83.8 Å². The maximum atomic E-state index is 12.5. The minimum absolute atomic E-state index is 0.0148. The van der Waals surface area contributed by atoms with Crippen LogP contribution in [0, 0.1) is 0 Å². The second-order valence-corrected chi connectivity index (χ2v) is 9.33. The van der Waals surface area contributed by atoms with Crippen molar-refractivity contribution in [3.63, 3.8) is 0 Å². The summed E-state index contributed by atoms with van der Waals surface area (Å²) in [6.45, 7) is 2.65. The number of nitrogens with one attached hydrogen (secondary N) is 1. The van der Waals surface area contributed by atoms with Crippen molar-refractivity contribution in [2.24, 2.45) is 0 Å². The van der Waals surface area contributed by atoms with E-state index in [1.54, 1.807) is 12.1 Å². The van der Waals surface area contributed by atoms with Crippen molar-refractivity contribution >= 4 is 52.6 Å². The van der Waals surface area contributed by atoms with E-state index in [2.05, 4.69) is 10.2 Å². The number of halogens is 1.